The monoisotopic (exact) mass is 244 g/mol. The molecule has 0 aromatic carbocycles. The maximum absolute atomic E-state index is 6.07. The van der Waals surface area contributed by atoms with Crippen molar-refractivity contribution in [3.63, 3.8) is 0 Å². The molecule has 18 heavy (non-hydrogen) atoms. The molecule has 3 rings (SSSR count). The van der Waals surface area contributed by atoms with Gasteiger partial charge in [0, 0.05) is 5.57 Å². The van der Waals surface area contributed by atoms with Crippen molar-refractivity contribution in [2.24, 2.45) is 10.2 Å². The van der Waals surface area contributed by atoms with Crippen LogP contribution in [0.15, 0.2) is 34.0 Å². The summed E-state index contributed by atoms with van der Waals surface area (Å²) in [6, 6.07) is 0. The summed E-state index contributed by atoms with van der Waals surface area (Å²) < 4.78 is 12.1. The smallest absolute Gasteiger partial charge is 0.403 e. The number of nitrogens with zero attached hydrogens (tertiary/aromatic N) is 2. The normalized spacial score (nSPS) is 31.3. The van der Waals surface area contributed by atoms with Gasteiger partial charge in [-0.15, -0.1) is 0 Å². The van der Waals surface area contributed by atoms with E-state index in [4.69, 9.17) is 9.31 Å². The van der Waals surface area contributed by atoms with Crippen LogP contribution in [0.3, 0.4) is 0 Å². The third-order valence-electron chi connectivity index (χ3n) is 4.13. The maximum atomic E-state index is 6.07. The summed E-state index contributed by atoms with van der Waals surface area (Å²) in [7, 11) is -0.296. The SMILES string of the molecule is CC1(C)OB([C@H]2C=CC=C3C=NN=C32)OC1(C)C. The van der Waals surface area contributed by atoms with Crippen LogP contribution in [0.25, 0.3) is 0 Å². The number of allylic oxidation sites excluding steroid dienone is 4. The molecule has 0 unspecified atom stereocenters. The molecule has 1 atom stereocenters. The first-order valence-corrected chi connectivity index (χ1v) is 6.26. The Morgan fingerprint density at radius 1 is 1.17 bits per heavy atom. The first-order chi connectivity index (χ1) is 8.41. The molecule has 0 bridgehead atoms. The number of hydrogen-bond donors (Lipinski definition) is 0. The van der Waals surface area contributed by atoms with Crippen LogP contribution >= 0.6 is 0 Å². The average molecular weight is 244 g/mol. The lowest BCUT2D eigenvalue weighted by Gasteiger charge is -2.32. The minimum absolute atomic E-state index is 0.0218. The van der Waals surface area contributed by atoms with Gasteiger partial charge in [-0.25, -0.2) is 0 Å². The molecule has 1 saturated heterocycles. The lowest BCUT2D eigenvalue weighted by Crippen LogP contribution is -2.41. The summed E-state index contributed by atoms with van der Waals surface area (Å²) in [6.45, 7) is 8.24. The predicted molar refractivity (Wildman–Crippen MR) is 73.0 cm³/mol. The highest BCUT2D eigenvalue weighted by atomic mass is 16.7. The first-order valence-electron chi connectivity index (χ1n) is 6.26. The molecule has 0 aromatic rings. The summed E-state index contributed by atoms with van der Waals surface area (Å²) in [6.07, 6.45) is 7.87. The predicted octanol–water partition coefficient (Wildman–Crippen LogP) is 2.39. The molecule has 1 fully saturated rings. The zero-order chi connectivity index (χ0) is 13.0. The Bertz CT molecular complexity index is 487. The molecule has 0 N–H and O–H groups in total. The standard InChI is InChI=1S/C13H17BN2O2/c1-12(2)13(3,4)18-14(17-12)10-7-5-6-9-8-15-16-11(9)10/h5-8,10H,1-4H3/t10-/m0/s1. The molecule has 4 nitrogen and oxygen atoms in total. The highest BCUT2D eigenvalue weighted by molar-refractivity contribution is 6.57. The largest absolute Gasteiger partial charge is 0.471 e. The maximum Gasteiger partial charge on any atom is 0.471 e. The van der Waals surface area contributed by atoms with Crippen LogP contribution in [0.4, 0.5) is 0 Å². The second-order valence-corrected chi connectivity index (χ2v) is 5.89. The van der Waals surface area contributed by atoms with E-state index < -0.39 is 0 Å². The molecule has 94 valence electrons. The summed E-state index contributed by atoms with van der Waals surface area (Å²) in [5.74, 6) is 0.0218. The molecule has 0 spiro atoms. The fourth-order valence-electron chi connectivity index (χ4n) is 2.29. The molecular weight excluding hydrogens is 227 g/mol. The van der Waals surface area contributed by atoms with Crippen LogP contribution < -0.4 is 0 Å². The first kappa shape index (κ1) is 11.9. The molecular formula is C13H17BN2O2. The van der Waals surface area contributed by atoms with Gasteiger partial charge >= 0.3 is 7.12 Å². The van der Waals surface area contributed by atoms with E-state index >= 15 is 0 Å². The Hall–Kier alpha value is -1.20. The molecule has 1 aliphatic carbocycles. The van der Waals surface area contributed by atoms with Gasteiger partial charge < -0.3 is 9.31 Å². The molecule has 0 aromatic heterocycles. The van der Waals surface area contributed by atoms with Crippen molar-refractivity contribution in [3.05, 3.63) is 23.8 Å². The Balaban J connectivity index is 1.87. The van der Waals surface area contributed by atoms with Crippen molar-refractivity contribution in [2.75, 3.05) is 0 Å². The van der Waals surface area contributed by atoms with Gasteiger partial charge in [-0.1, -0.05) is 18.2 Å². The van der Waals surface area contributed by atoms with Crippen LogP contribution in [0.5, 0.6) is 0 Å². The topological polar surface area (TPSA) is 43.2 Å². The third-order valence-corrected chi connectivity index (χ3v) is 4.13. The average Bonchev–Trinajstić information content (AvgIpc) is 2.81. The lowest BCUT2D eigenvalue weighted by molar-refractivity contribution is 0.00578. The van der Waals surface area contributed by atoms with E-state index in [2.05, 4.69) is 44.0 Å². The Kier molecular flexibility index (Phi) is 2.41. The zero-order valence-corrected chi connectivity index (χ0v) is 11.2. The molecule has 0 radical (unpaired) electrons. The molecule has 3 aliphatic rings. The van der Waals surface area contributed by atoms with E-state index in [-0.39, 0.29) is 24.1 Å². The van der Waals surface area contributed by atoms with Crippen molar-refractivity contribution in [1.82, 2.24) is 0 Å². The van der Waals surface area contributed by atoms with E-state index in [9.17, 15) is 0 Å². The fourth-order valence-corrected chi connectivity index (χ4v) is 2.29. The van der Waals surface area contributed by atoms with Crippen molar-refractivity contribution < 1.29 is 9.31 Å². The van der Waals surface area contributed by atoms with Gasteiger partial charge in [0.2, 0.25) is 0 Å². The van der Waals surface area contributed by atoms with Gasteiger partial charge in [-0.3, -0.25) is 0 Å². The van der Waals surface area contributed by atoms with Gasteiger partial charge in [0.15, 0.2) is 0 Å². The minimum Gasteiger partial charge on any atom is -0.403 e. The van der Waals surface area contributed by atoms with E-state index in [1.807, 2.05) is 12.2 Å². The minimum atomic E-state index is -0.313. The van der Waals surface area contributed by atoms with Crippen molar-refractivity contribution in [3.8, 4) is 0 Å². The summed E-state index contributed by atoms with van der Waals surface area (Å²) in [4.78, 5) is 0. The van der Waals surface area contributed by atoms with Gasteiger partial charge in [0.05, 0.1) is 28.9 Å². The second-order valence-electron chi connectivity index (χ2n) is 5.89. The number of fused-ring (bicyclic) bond motifs is 1. The second kappa shape index (κ2) is 3.65. The van der Waals surface area contributed by atoms with E-state index in [0.717, 1.165) is 11.3 Å². The highest BCUT2D eigenvalue weighted by Crippen LogP contribution is 2.42. The number of rotatable bonds is 1. The van der Waals surface area contributed by atoms with Crippen molar-refractivity contribution in [1.29, 1.82) is 0 Å². The van der Waals surface area contributed by atoms with Gasteiger partial charge in [-0.05, 0) is 27.7 Å². The Morgan fingerprint density at radius 2 is 1.83 bits per heavy atom. The van der Waals surface area contributed by atoms with Crippen LogP contribution in [0.1, 0.15) is 27.7 Å². The van der Waals surface area contributed by atoms with E-state index in [1.165, 1.54) is 0 Å². The summed E-state index contributed by atoms with van der Waals surface area (Å²) >= 11 is 0. The zero-order valence-electron chi connectivity index (χ0n) is 11.2. The molecule has 5 heteroatoms. The van der Waals surface area contributed by atoms with Gasteiger partial charge in [-0.2, -0.15) is 10.2 Å². The van der Waals surface area contributed by atoms with Crippen LogP contribution in [-0.4, -0.2) is 30.2 Å². The quantitative estimate of drug-likeness (QED) is 0.664. The van der Waals surface area contributed by atoms with E-state index in [0.29, 0.717) is 0 Å². The third kappa shape index (κ3) is 1.61. The van der Waals surface area contributed by atoms with Gasteiger partial charge in [0.1, 0.15) is 0 Å². The molecule has 0 saturated carbocycles. The van der Waals surface area contributed by atoms with Crippen LogP contribution in [0, 0.1) is 0 Å². The Labute approximate surface area is 108 Å². The highest BCUT2D eigenvalue weighted by Gasteiger charge is 2.54. The van der Waals surface area contributed by atoms with Crippen LogP contribution in [0.2, 0.25) is 5.82 Å². The summed E-state index contributed by atoms with van der Waals surface area (Å²) in [5.41, 5.74) is 1.37. The lowest BCUT2D eigenvalue weighted by atomic mass is 9.66. The fraction of sp³-hybridized carbons (Fsp3) is 0.538. The van der Waals surface area contributed by atoms with Crippen LogP contribution in [-0.2, 0) is 9.31 Å². The molecule has 2 aliphatic heterocycles. The molecule has 2 heterocycles. The number of hydrogen-bond acceptors (Lipinski definition) is 4. The summed E-state index contributed by atoms with van der Waals surface area (Å²) in [5, 5.41) is 8.15. The van der Waals surface area contributed by atoms with Gasteiger partial charge in [0.25, 0.3) is 0 Å². The Morgan fingerprint density at radius 3 is 2.50 bits per heavy atom. The van der Waals surface area contributed by atoms with Crippen molar-refractivity contribution >= 4 is 19.0 Å². The molecule has 0 amide bonds. The van der Waals surface area contributed by atoms with E-state index in [1.54, 1.807) is 6.21 Å². The van der Waals surface area contributed by atoms with Crippen molar-refractivity contribution in [2.45, 2.75) is 44.7 Å².